The monoisotopic (exact) mass is 282 g/mol. The Morgan fingerprint density at radius 3 is 2.55 bits per heavy atom. The van der Waals surface area contributed by atoms with Crippen LogP contribution in [0.1, 0.15) is 30.6 Å². The molecule has 20 heavy (non-hydrogen) atoms. The number of carboxylic acids is 1. The highest BCUT2D eigenvalue weighted by molar-refractivity contribution is 5.91. The van der Waals surface area contributed by atoms with Gasteiger partial charge in [0.1, 0.15) is 17.1 Å². The molecule has 0 atom stereocenters. The van der Waals surface area contributed by atoms with Gasteiger partial charge in [-0.25, -0.2) is 9.59 Å². The van der Waals surface area contributed by atoms with Crippen LogP contribution >= 0.6 is 0 Å². The van der Waals surface area contributed by atoms with E-state index in [1.807, 2.05) is 6.92 Å². The Labute approximate surface area is 117 Å². The van der Waals surface area contributed by atoms with E-state index in [1.165, 1.54) is 12.1 Å². The minimum Gasteiger partial charge on any atom is -0.493 e. The molecule has 6 nitrogen and oxygen atoms in total. The zero-order valence-electron chi connectivity index (χ0n) is 11.5. The molecule has 1 aromatic carbocycles. The van der Waals surface area contributed by atoms with E-state index in [2.05, 4.69) is 0 Å². The van der Waals surface area contributed by atoms with Gasteiger partial charge in [-0.3, -0.25) is 0 Å². The number of benzene rings is 1. The lowest BCUT2D eigenvalue weighted by atomic mass is 10.2. The number of hydrogen-bond donors (Lipinski definition) is 1. The molecule has 0 fully saturated rings. The summed E-state index contributed by atoms with van der Waals surface area (Å²) < 4.78 is 15.3. The van der Waals surface area contributed by atoms with Crippen LogP contribution < -0.4 is 9.47 Å². The first-order chi connectivity index (χ1) is 9.58. The fourth-order valence-corrected chi connectivity index (χ4v) is 1.45. The molecule has 0 amide bonds. The lowest BCUT2D eigenvalue weighted by molar-refractivity contribution is -0.145. The summed E-state index contributed by atoms with van der Waals surface area (Å²) in [7, 11) is 0. The number of hydrogen-bond acceptors (Lipinski definition) is 5. The van der Waals surface area contributed by atoms with Crippen molar-refractivity contribution in [1.82, 2.24) is 0 Å². The van der Waals surface area contributed by atoms with Gasteiger partial charge >= 0.3 is 11.9 Å². The summed E-state index contributed by atoms with van der Waals surface area (Å²) in [5.74, 6) is -1.11. The number of carbonyl (C=O) groups is 2. The normalized spacial score (nSPS) is 9.90. The molecular weight excluding hydrogens is 264 g/mol. The Morgan fingerprint density at radius 1 is 1.20 bits per heavy atom. The molecule has 0 aliphatic heterocycles. The summed E-state index contributed by atoms with van der Waals surface area (Å²) in [5.41, 5.74) is -0.0295. The number of esters is 1. The summed E-state index contributed by atoms with van der Waals surface area (Å²) in [6, 6.07) is 4.39. The first kappa shape index (κ1) is 15.8. The molecule has 0 aliphatic rings. The van der Waals surface area contributed by atoms with Crippen molar-refractivity contribution in [3.8, 4) is 11.5 Å². The van der Waals surface area contributed by atoms with Crippen LogP contribution in [0.15, 0.2) is 18.2 Å². The third-order valence-corrected chi connectivity index (χ3v) is 2.31. The van der Waals surface area contributed by atoms with Gasteiger partial charge in [-0.1, -0.05) is 6.92 Å². The highest BCUT2D eigenvalue weighted by atomic mass is 16.6. The highest BCUT2D eigenvalue weighted by Gasteiger charge is 2.14. The lowest BCUT2D eigenvalue weighted by Gasteiger charge is -2.11. The van der Waals surface area contributed by atoms with Crippen molar-refractivity contribution in [3.05, 3.63) is 23.8 Å². The van der Waals surface area contributed by atoms with Gasteiger partial charge in [0.25, 0.3) is 0 Å². The topological polar surface area (TPSA) is 82.1 Å². The predicted octanol–water partition coefficient (Wildman–Crippen LogP) is 2.12. The van der Waals surface area contributed by atoms with E-state index in [0.29, 0.717) is 12.4 Å². The zero-order valence-corrected chi connectivity index (χ0v) is 11.5. The molecule has 0 saturated carbocycles. The molecule has 110 valence electrons. The third-order valence-electron chi connectivity index (χ3n) is 2.31. The van der Waals surface area contributed by atoms with Crippen LogP contribution in [0.3, 0.4) is 0 Å². The average molecular weight is 282 g/mol. The first-order valence-electron chi connectivity index (χ1n) is 6.37. The van der Waals surface area contributed by atoms with Crippen LogP contribution in [0, 0.1) is 0 Å². The van der Waals surface area contributed by atoms with E-state index in [4.69, 9.17) is 19.3 Å². The standard InChI is InChI=1S/C14H18O6/c1-3-7-19-10-5-6-11(14(16)17)12(8-10)20-9-13(15)18-4-2/h5-6,8H,3-4,7,9H2,1-2H3,(H,16,17). The minimum atomic E-state index is -1.13. The van der Waals surface area contributed by atoms with Gasteiger partial charge in [0.15, 0.2) is 6.61 Å². The smallest absolute Gasteiger partial charge is 0.344 e. The molecule has 0 bridgehead atoms. The number of rotatable bonds is 8. The Bertz CT molecular complexity index is 469. The van der Waals surface area contributed by atoms with Crippen LogP contribution in [0.4, 0.5) is 0 Å². The third kappa shape index (κ3) is 4.79. The van der Waals surface area contributed by atoms with Crippen molar-refractivity contribution < 1.29 is 28.9 Å². The Hall–Kier alpha value is -2.24. The fourth-order valence-electron chi connectivity index (χ4n) is 1.45. The molecule has 1 rings (SSSR count). The molecule has 0 unspecified atom stereocenters. The van der Waals surface area contributed by atoms with Crippen molar-refractivity contribution in [1.29, 1.82) is 0 Å². The van der Waals surface area contributed by atoms with E-state index in [-0.39, 0.29) is 24.5 Å². The number of ether oxygens (including phenoxy) is 3. The van der Waals surface area contributed by atoms with Gasteiger partial charge in [0.05, 0.1) is 13.2 Å². The van der Waals surface area contributed by atoms with Crippen molar-refractivity contribution >= 4 is 11.9 Å². The second-order valence-electron chi connectivity index (χ2n) is 3.91. The highest BCUT2D eigenvalue weighted by Crippen LogP contribution is 2.25. The summed E-state index contributed by atoms with van der Waals surface area (Å²) in [5, 5.41) is 9.06. The maximum Gasteiger partial charge on any atom is 0.344 e. The predicted molar refractivity (Wildman–Crippen MR) is 71.3 cm³/mol. The van der Waals surface area contributed by atoms with E-state index >= 15 is 0 Å². The quantitative estimate of drug-likeness (QED) is 0.735. The Morgan fingerprint density at radius 2 is 1.95 bits per heavy atom. The van der Waals surface area contributed by atoms with Crippen molar-refractivity contribution in [3.63, 3.8) is 0 Å². The Kier molecular flexibility index (Phi) is 6.36. The molecule has 6 heteroatoms. The van der Waals surface area contributed by atoms with Crippen molar-refractivity contribution in [2.45, 2.75) is 20.3 Å². The van der Waals surface area contributed by atoms with Crippen LogP contribution in [-0.4, -0.2) is 36.9 Å². The van der Waals surface area contributed by atoms with E-state index in [1.54, 1.807) is 13.0 Å². The van der Waals surface area contributed by atoms with Crippen LogP contribution in [-0.2, 0) is 9.53 Å². The SMILES string of the molecule is CCCOc1ccc(C(=O)O)c(OCC(=O)OCC)c1. The van der Waals surface area contributed by atoms with Gasteiger partial charge in [0, 0.05) is 6.07 Å². The maximum absolute atomic E-state index is 11.2. The van der Waals surface area contributed by atoms with E-state index in [9.17, 15) is 9.59 Å². The average Bonchev–Trinajstić information content (AvgIpc) is 2.43. The molecule has 0 aromatic heterocycles. The maximum atomic E-state index is 11.2. The zero-order chi connectivity index (χ0) is 15.0. The molecule has 0 saturated heterocycles. The number of aromatic carboxylic acids is 1. The molecule has 1 aromatic rings. The molecule has 0 aliphatic carbocycles. The molecular formula is C14H18O6. The number of carbonyl (C=O) groups excluding carboxylic acids is 1. The van der Waals surface area contributed by atoms with Gasteiger partial charge in [-0.05, 0) is 25.5 Å². The Balaban J connectivity index is 2.82. The number of carboxylic acid groups (broad SMARTS) is 1. The van der Waals surface area contributed by atoms with Gasteiger partial charge in [-0.15, -0.1) is 0 Å². The van der Waals surface area contributed by atoms with Gasteiger partial charge in [0.2, 0.25) is 0 Å². The summed E-state index contributed by atoms with van der Waals surface area (Å²) in [6.07, 6.45) is 0.833. The molecule has 0 radical (unpaired) electrons. The second kappa shape index (κ2) is 8.04. The largest absolute Gasteiger partial charge is 0.493 e. The minimum absolute atomic E-state index is 0.0295. The van der Waals surface area contributed by atoms with E-state index < -0.39 is 11.9 Å². The van der Waals surface area contributed by atoms with Crippen molar-refractivity contribution in [2.24, 2.45) is 0 Å². The summed E-state index contributed by atoms with van der Waals surface area (Å²) in [6.45, 7) is 4.06. The van der Waals surface area contributed by atoms with Crippen LogP contribution in [0.25, 0.3) is 0 Å². The second-order valence-corrected chi connectivity index (χ2v) is 3.91. The van der Waals surface area contributed by atoms with Crippen LogP contribution in [0.2, 0.25) is 0 Å². The lowest BCUT2D eigenvalue weighted by Crippen LogP contribution is -2.16. The molecule has 0 spiro atoms. The van der Waals surface area contributed by atoms with E-state index in [0.717, 1.165) is 6.42 Å². The van der Waals surface area contributed by atoms with Gasteiger partial charge in [-0.2, -0.15) is 0 Å². The fraction of sp³-hybridized carbons (Fsp3) is 0.429. The van der Waals surface area contributed by atoms with Crippen LogP contribution in [0.5, 0.6) is 11.5 Å². The molecule has 1 N–H and O–H groups in total. The van der Waals surface area contributed by atoms with Gasteiger partial charge < -0.3 is 19.3 Å². The first-order valence-corrected chi connectivity index (χ1v) is 6.37. The summed E-state index contributed by atoms with van der Waals surface area (Å²) in [4.78, 5) is 22.3. The summed E-state index contributed by atoms with van der Waals surface area (Å²) >= 11 is 0. The van der Waals surface area contributed by atoms with Crippen molar-refractivity contribution in [2.75, 3.05) is 19.8 Å². The molecule has 0 heterocycles.